The lowest BCUT2D eigenvalue weighted by Gasteiger charge is -2.25. The summed E-state index contributed by atoms with van der Waals surface area (Å²) < 4.78 is 7.41. The number of aromatic nitrogens is 2. The molecule has 1 aromatic heterocycles. The van der Waals surface area contributed by atoms with Crippen molar-refractivity contribution >= 4 is 86.1 Å². The van der Waals surface area contributed by atoms with Gasteiger partial charge in [0.2, 0.25) is 0 Å². The highest BCUT2D eigenvalue weighted by Crippen LogP contribution is 2.37. The smallest absolute Gasteiger partial charge is 0.420 e. The van der Waals surface area contributed by atoms with Crippen LogP contribution in [-0.4, -0.2) is 27.4 Å². The number of nitrogens with zero attached hydrogens (tertiary/aromatic N) is 4. The molecule has 12 heteroatoms. The van der Waals surface area contributed by atoms with Gasteiger partial charge in [-0.3, -0.25) is 9.89 Å². The Morgan fingerprint density at radius 1 is 0.827 bits per heavy atom. The van der Waals surface area contributed by atoms with Gasteiger partial charge in [0.05, 0.1) is 21.4 Å². The first kappa shape index (κ1) is 39.4. The number of fused-ring (bicyclic) bond motifs is 1. The van der Waals surface area contributed by atoms with Crippen LogP contribution in [0.5, 0.6) is 0 Å². The topological polar surface area (TPSA) is 92.0 Å². The zero-order valence-corrected chi connectivity index (χ0v) is 32.4. The van der Waals surface area contributed by atoms with E-state index < -0.39 is 17.8 Å². The second-order valence-corrected chi connectivity index (χ2v) is 14.8. The summed E-state index contributed by atoms with van der Waals surface area (Å²) in [6, 6.07) is 25.2. The van der Waals surface area contributed by atoms with Gasteiger partial charge in [0.25, 0.3) is 0 Å². The number of azo groups is 1. The van der Waals surface area contributed by atoms with E-state index in [0.29, 0.717) is 35.7 Å². The van der Waals surface area contributed by atoms with Crippen molar-refractivity contribution in [3.8, 4) is 5.69 Å². The summed E-state index contributed by atoms with van der Waals surface area (Å²) in [5, 5.41) is 14.3. The lowest BCUT2D eigenvalue weighted by Crippen LogP contribution is -2.31. The van der Waals surface area contributed by atoms with E-state index in [9.17, 15) is 9.59 Å². The molecule has 0 aliphatic rings. The van der Waals surface area contributed by atoms with Crippen molar-refractivity contribution in [1.29, 1.82) is 0 Å². The molecule has 52 heavy (non-hydrogen) atoms. The fourth-order valence-corrected chi connectivity index (χ4v) is 7.18. The molecular weight excluding hydrogens is 740 g/mol. The zero-order chi connectivity index (χ0) is 37.0. The van der Waals surface area contributed by atoms with Crippen molar-refractivity contribution in [1.82, 2.24) is 9.78 Å². The molecule has 5 rings (SSSR count). The Morgan fingerprint density at radius 2 is 1.48 bits per heavy atom. The minimum absolute atomic E-state index is 0.0210. The number of nitrogens with one attached hydrogen (secondary N) is 1. The number of unbranched alkanes of at least 4 members (excludes halogenated alkanes) is 6. The van der Waals surface area contributed by atoms with Crippen LogP contribution in [-0.2, 0) is 4.74 Å². The molecule has 5 aromatic rings. The summed E-state index contributed by atoms with van der Waals surface area (Å²) in [4.78, 5) is 30.1. The van der Waals surface area contributed by atoms with Gasteiger partial charge in [-0.05, 0) is 68.3 Å². The third kappa shape index (κ3) is 10.2. The molecule has 8 nitrogen and oxygen atoms in total. The van der Waals surface area contributed by atoms with Gasteiger partial charge in [-0.2, -0.15) is 0 Å². The van der Waals surface area contributed by atoms with Gasteiger partial charge < -0.3 is 4.74 Å². The summed E-state index contributed by atoms with van der Waals surface area (Å²) in [5.41, 5.74) is 0.317. The summed E-state index contributed by atoms with van der Waals surface area (Å²) >= 11 is 25.8. The predicted octanol–water partition coefficient (Wildman–Crippen LogP) is 13.9. The standard InChI is InChI=1S/C40H43Cl4N5O3/c1-3-4-5-6-7-8-12-20-31(24-23-27(2)41)52-40(51)48(30-18-10-9-11-19-30)38-36(46-45-35-22-15-17-28-16-13-14-21-32(28)35)39(50)49(47-38)37-33(43)25-29(42)26-34(37)44/h9-11,13-19,21-22,25-27,31,47H,3-8,12,20,23-24H2,1-2H3. The van der Waals surface area contributed by atoms with Crippen molar-refractivity contribution in [3.05, 3.63) is 110 Å². The van der Waals surface area contributed by atoms with Crippen molar-refractivity contribution in [2.24, 2.45) is 10.2 Å². The Labute approximate surface area is 324 Å². The van der Waals surface area contributed by atoms with Crippen LogP contribution in [0.3, 0.4) is 0 Å². The van der Waals surface area contributed by atoms with Crippen LogP contribution in [0.15, 0.2) is 100.0 Å². The number of halogens is 4. The van der Waals surface area contributed by atoms with Gasteiger partial charge in [-0.1, -0.05) is 135 Å². The fourth-order valence-electron chi connectivity index (χ4n) is 6.07. The van der Waals surface area contributed by atoms with Crippen LogP contribution >= 0.6 is 46.4 Å². The zero-order valence-electron chi connectivity index (χ0n) is 29.3. The van der Waals surface area contributed by atoms with Crippen LogP contribution in [0, 0.1) is 0 Å². The number of hydrogen-bond acceptors (Lipinski definition) is 5. The van der Waals surface area contributed by atoms with Crippen molar-refractivity contribution in [3.63, 3.8) is 0 Å². The first-order chi connectivity index (χ1) is 25.2. The largest absolute Gasteiger partial charge is 0.446 e. The molecule has 0 bridgehead atoms. The maximum absolute atomic E-state index is 14.4. The summed E-state index contributed by atoms with van der Waals surface area (Å²) in [5.74, 6) is 0.0210. The maximum Gasteiger partial charge on any atom is 0.420 e. The van der Waals surface area contributed by atoms with E-state index in [1.54, 1.807) is 30.3 Å². The lowest BCUT2D eigenvalue weighted by atomic mass is 10.0. The maximum atomic E-state index is 14.4. The number of alkyl halides is 1. The first-order valence-corrected chi connectivity index (χ1v) is 19.3. The lowest BCUT2D eigenvalue weighted by molar-refractivity contribution is 0.0924. The molecule has 0 aliphatic carbocycles. The second-order valence-electron chi connectivity index (χ2n) is 12.8. The number of amides is 1. The molecule has 1 amide bonds. The third-order valence-corrected chi connectivity index (χ3v) is 9.79. The number of anilines is 2. The third-order valence-electron chi connectivity index (χ3n) is 8.78. The number of aromatic amines is 1. The molecule has 1 heterocycles. The molecule has 0 spiro atoms. The van der Waals surface area contributed by atoms with Crippen LogP contribution in [0.1, 0.15) is 78.1 Å². The number of ether oxygens (including phenoxy) is 1. The highest BCUT2D eigenvalue weighted by atomic mass is 35.5. The van der Waals surface area contributed by atoms with Gasteiger partial charge in [-0.15, -0.1) is 21.8 Å². The second kappa shape index (κ2) is 19.3. The first-order valence-electron chi connectivity index (χ1n) is 17.8. The van der Waals surface area contributed by atoms with E-state index in [1.807, 2.05) is 49.4 Å². The van der Waals surface area contributed by atoms with Crippen molar-refractivity contribution in [2.75, 3.05) is 4.90 Å². The van der Waals surface area contributed by atoms with Gasteiger partial charge in [0, 0.05) is 15.8 Å². The van der Waals surface area contributed by atoms with E-state index >= 15 is 0 Å². The number of carbonyl (C=O) groups is 1. The van der Waals surface area contributed by atoms with Crippen molar-refractivity contribution < 1.29 is 9.53 Å². The number of para-hydroxylation sites is 1. The number of hydrogen-bond donors (Lipinski definition) is 1. The highest BCUT2D eigenvalue weighted by Gasteiger charge is 2.31. The Morgan fingerprint density at radius 3 is 2.19 bits per heavy atom. The fraction of sp³-hybridized carbons (Fsp3) is 0.350. The molecule has 4 aromatic carbocycles. The van der Waals surface area contributed by atoms with Gasteiger partial charge in [0.15, 0.2) is 11.5 Å². The van der Waals surface area contributed by atoms with E-state index in [-0.39, 0.29) is 32.6 Å². The summed E-state index contributed by atoms with van der Waals surface area (Å²) in [6.45, 7) is 4.14. The molecule has 274 valence electrons. The highest BCUT2D eigenvalue weighted by molar-refractivity contribution is 6.40. The van der Waals surface area contributed by atoms with Crippen LogP contribution < -0.4 is 10.5 Å². The molecule has 0 saturated carbocycles. The van der Waals surface area contributed by atoms with Crippen LogP contribution in [0.25, 0.3) is 16.5 Å². The predicted molar refractivity (Wildman–Crippen MR) is 216 cm³/mol. The minimum atomic E-state index is -0.690. The monoisotopic (exact) mass is 781 g/mol. The van der Waals surface area contributed by atoms with E-state index in [1.165, 1.54) is 42.7 Å². The average Bonchev–Trinajstić information content (AvgIpc) is 3.43. The van der Waals surface area contributed by atoms with Crippen LogP contribution in [0.4, 0.5) is 27.7 Å². The number of carbonyl (C=O) groups excluding carboxylic acids is 1. The Kier molecular flexibility index (Phi) is 14.6. The SMILES string of the molecule is CCCCCCCCCC(CCC(C)Cl)OC(=O)N(c1ccccc1)c1[nH]n(-c2c(Cl)cc(Cl)cc2Cl)c(=O)c1N=Nc1cccc2ccccc12. The molecule has 0 fully saturated rings. The Hall–Kier alpha value is -3.82. The average molecular weight is 784 g/mol. The Balaban J connectivity index is 1.58. The molecule has 1 N–H and O–H groups in total. The van der Waals surface area contributed by atoms with Gasteiger partial charge in [-0.25, -0.2) is 14.4 Å². The normalized spacial score (nSPS) is 12.7. The molecule has 0 aliphatic heterocycles. The molecule has 2 unspecified atom stereocenters. The quantitative estimate of drug-likeness (QED) is 0.0578. The number of H-pyrrole nitrogens is 1. The number of benzene rings is 4. The molecule has 2 atom stereocenters. The number of rotatable bonds is 17. The van der Waals surface area contributed by atoms with E-state index in [2.05, 4.69) is 22.3 Å². The summed E-state index contributed by atoms with van der Waals surface area (Å²) in [7, 11) is 0. The minimum Gasteiger partial charge on any atom is -0.446 e. The van der Waals surface area contributed by atoms with Crippen molar-refractivity contribution in [2.45, 2.75) is 89.5 Å². The molecular formula is C40H43Cl4N5O3. The van der Waals surface area contributed by atoms with Crippen LogP contribution in [0.2, 0.25) is 15.1 Å². The Bertz CT molecular complexity index is 2000. The van der Waals surface area contributed by atoms with Gasteiger partial charge in [0.1, 0.15) is 11.8 Å². The molecule has 0 radical (unpaired) electrons. The van der Waals surface area contributed by atoms with E-state index in [0.717, 1.165) is 34.7 Å². The van der Waals surface area contributed by atoms with E-state index in [4.69, 9.17) is 51.1 Å². The van der Waals surface area contributed by atoms with Gasteiger partial charge >= 0.3 is 11.7 Å². The summed E-state index contributed by atoms with van der Waals surface area (Å²) in [6.07, 6.45) is 8.84. The molecule has 0 saturated heterocycles.